The zero-order chi connectivity index (χ0) is 15.0. The number of amides is 1. The van der Waals surface area contributed by atoms with Crippen LogP contribution in [0.1, 0.15) is 24.5 Å². The smallest absolute Gasteiger partial charge is 0.229 e. The minimum atomic E-state index is -0.916. The van der Waals surface area contributed by atoms with E-state index in [2.05, 4.69) is 16.3 Å². The van der Waals surface area contributed by atoms with Gasteiger partial charge >= 0.3 is 0 Å². The zero-order valence-corrected chi connectivity index (χ0v) is 13.6. The maximum absolute atomic E-state index is 12.2. The molecule has 110 valence electrons. The fourth-order valence-corrected chi connectivity index (χ4v) is 2.95. The molecule has 5 heteroatoms. The lowest BCUT2D eigenvalue weighted by Gasteiger charge is -2.16. The zero-order valence-electron chi connectivity index (χ0n) is 12.0. The van der Waals surface area contributed by atoms with Crippen molar-refractivity contribution in [3.63, 3.8) is 0 Å². The quantitative estimate of drug-likeness (QED) is 0.847. The fourth-order valence-electron chi connectivity index (χ4n) is 2.24. The van der Waals surface area contributed by atoms with Crippen LogP contribution in [-0.4, -0.2) is 29.2 Å². The summed E-state index contributed by atoms with van der Waals surface area (Å²) in [6.07, 6.45) is 0.508. The Balaban J connectivity index is 2.00. The third-order valence-electron chi connectivity index (χ3n) is 3.80. The normalized spacial score (nSPS) is 23.7. The predicted octanol–water partition coefficient (Wildman–Crippen LogP) is 2.95. The molecule has 1 fully saturated rings. The predicted molar refractivity (Wildman–Crippen MR) is 82.8 cm³/mol. The number of nitrogens with one attached hydrogen (secondary N) is 1. The highest BCUT2D eigenvalue weighted by atomic mass is 35.5. The summed E-state index contributed by atoms with van der Waals surface area (Å²) in [5, 5.41) is 2.94. The van der Waals surface area contributed by atoms with Crippen LogP contribution in [-0.2, 0) is 17.9 Å². The summed E-state index contributed by atoms with van der Waals surface area (Å²) >= 11 is 12.0. The third kappa shape index (κ3) is 3.11. The number of halogens is 2. The van der Waals surface area contributed by atoms with Crippen LogP contribution in [0.25, 0.3) is 0 Å². The van der Waals surface area contributed by atoms with Crippen molar-refractivity contribution in [1.82, 2.24) is 10.2 Å². The van der Waals surface area contributed by atoms with Crippen molar-refractivity contribution < 1.29 is 4.79 Å². The Hall–Kier alpha value is -0.770. The molecule has 0 aliphatic heterocycles. The number of carbonyl (C=O) groups is 1. The van der Waals surface area contributed by atoms with Gasteiger partial charge in [0, 0.05) is 13.1 Å². The Morgan fingerprint density at radius 2 is 1.85 bits per heavy atom. The van der Waals surface area contributed by atoms with E-state index < -0.39 is 9.75 Å². The molecule has 0 unspecified atom stereocenters. The van der Waals surface area contributed by atoms with Gasteiger partial charge < -0.3 is 10.2 Å². The van der Waals surface area contributed by atoms with Gasteiger partial charge in [0.15, 0.2) is 0 Å². The Kier molecular flexibility index (Phi) is 4.33. The molecule has 1 aliphatic carbocycles. The van der Waals surface area contributed by atoms with Crippen LogP contribution in [0.4, 0.5) is 0 Å². The second kappa shape index (κ2) is 5.55. The van der Waals surface area contributed by atoms with Crippen LogP contribution in [0.15, 0.2) is 24.3 Å². The average Bonchev–Trinajstić information content (AvgIpc) is 2.88. The summed E-state index contributed by atoms with van der Waals surface area (Å²) in [6.45, 7) is 3.15. The molecule has 1 aromatic rings. The van der Waals surface area contributed by atoms with Crippen molar-refractivity contribution in [2.24, 2.45) is 5.41 Å². The summed E-state index contributed by atoms with van der Waals surface area (Å²) in [6, 6.07) is 8.10. The highest BCUT2D eigenvalue weighted by molar-refractivity contribution is 6.53. The highest BCUT2D eigenvalue weighted by Gasteiger charge is 2.67. The number of rotatable bonds is 5. The van der Waals surface area contributed by atoms with E-state index in [0.29, 0.717) is 13.0 Å². The lowest BCUT2D eigenvalue weighted by atomic mass is 10.1. The molecule has 0 aromatic heterocycles. The number of hydrogen-bond donors (Lipinski definition) is 1. The van der Waals surface area contributed by atoms with E-state index in [1.807, 2.05) is 32.3 Å². The first-order valence-electron chi connectivity index (χ1n) is 6.64. The molecule has 20 heavy (non-hydrogen) atoms. The standard InChI is InChI=1S/C15H20Cl2N2O/c1-14(10-15(14,16)17)13(20)18-8-11-6-4-5-7-12(11)9-19(2)3/h4-7H,8-10H2,1-3H3,(H,18,20)/t14-/m0/s1. The van der Waals surface area contributed by atoms with Gasteiger partial charge in [-0.05, 0) is 38.6 Å². The molecular weight excluding hydrogens is 295 g/mol. The van der Waals surface area contributed by atoms with Crippen LogP contribution in [0, 0.1) is 5.41 Å². The van der Waals surface area contributed by atoms with Crippen molar-refractivity contribution >= 4 is 29.1 Å². The number of carbonyl (C=O) groups excluding carboxylic acids is 1. The van der Waals surface area contributed by atoms with E-state index in [0.717, 1.165) is 12.1 Å². The molecule has 2 rings (SSSR count). The summed E-state index contributed by atoms with van der Waals surface area (Å²) in [7, 11) is 4.05. The van der Waals surface area contributed by atoms with Crippen molar-refractivity contribution in [3.8, 4) is 0 Å². The molecule has 0 heterocycles. The first-order valence-corrected chi connectivity index (χ1v) is 7.39. The molecule has 1 aliphatic rings. The van der Waals surface area contributed by atoms with Crippen LogP contribution in [0.2, 0.25) is 0 Å². The summed E-state index contributed by atoms with van der Waals surface area (Å²) < 4.78 is -0.916. The van der Waals surface area contributed by atoms with Gasteiger partial charge in [-0.2, -0.15) is 0 Å². The van der Waals surface area contributed by atoms with Crippen LogP contribution < -0.4 is 5.32 Å². The van der Waals surface area contributed by atoms with Crippen LogP contribution in [0.5, 0.6) is 0 Å². The van der Waals surface area contributed by atoms with Crippen molar-refractivity contribution in [3.05, 3.63) is 35.4 Å². The molecule has 1 atom stereocenters. The van der Waals surface area contributed by atoms with Gasteiger partial charge in [-0.15, -0.1) is 23.2 Å². The average molecular weight is 315 g/mol. The van der Waals surface area contributed by atoms with E-state index in [1.165, 1.54) is 5.56 Å². The second-order valence-electron chi connectivity index (χ2n) is 5.90. The first-order chi connectivity index (χ1) is 9.26. The minimum Gasteiger partial charge on any atom is -0.351 e. The Morgan fingerprint density at radius 3 is 2.35 bits per heavy atom. The Morgan fingerprint density at radius 1 is 1.30 bits per heavy atom. The van der Waals surface area contributed by atoms with E-state index in [1.54, 1.807) is 6.92 Å². The topological polar surface area (TPSA) is 32.3 Å². The number of hydrogen-bond acceptors (Lipinski definition) is 2. The Labute approximate surface area is 130 Å². The molecule has 1 N–H and O–H groups in total. The van der Waals surface area contributed by atoms with Gasteiger partial charge in [-0.3, -0.25) is 4.79 Å². The molecule has 1 saturated carbocycles. The molecule has 1 aromatic carbocycles. The van der Waals surface area contributed by atoms with Crippen molar-refractivity contribution in [1.29, 1.82) is 0 Å². The molecule has 0 spiro atoms. The fraction of sp³-hybridized carbons (Fsp3) is 0.533. The first kappa shape index (κ1) is 15.6. The highest BCUT2D eigenvalue weighted by Crippen LogP contribution is 2.63. The lowest BCUT2D eigenvalue weighted by molar-refractivity contribution is -0.125. The maximum Gasteiger partial charge on any atom is 0.229 e. The molecule has 0 radical (unpaired) electrons. The minimum absolute atomic E-state index is 0.0813. The van der Waals surface area contributed by atoms with Gasteiger partial charge in [0.2, 0.25) is 5.91 Å². The van der Waals surface area contributed by atoms with Crippen molar-refractivity contribution in [2.75, 3.05) is 14.1 Å². The molecule has 3 nitrogen and oxygen atoms in total. The number of benzene rings is 1. The van der Waals surface area contributed by atoms with Gasteiger partial charge in [-0.25, -0.2) is 0 Å². The van der Waals surface area contributed by atoms with Gasteiger partial charge in [-0.1, -0.05) is 24.3 Å². The van der Waals surface area contributed by atoms with Gasteiger partial charge in [0.25, 0.3) is 0 Å². The Bertz CT molecular complexity index is 516. The van der Waals surface area contributed by atoms with Crippen LogP contribution >= 0.6 is 23.2 Å². The number of alkyl halides is 2. The second-order valence-corrected chi connectivity index (χ2v) is 7.39. The van der Waals surface area contributed by atoms with E-state index in [9.17, 15) is 4.79 Å². The van der Waals surface area contributed by atoms with Crippen molar-refractivity contribution in [2.45, 2.75) is 30.8 Å². The molecule has 0 saturated heterocycles. The summed E-state index contributed by atoms with van der Waals surface area (Å²) in [5.74, 6) is -0.0813. The molecule has 0 bridgehead atoms. The SMILES string of the molecule is CN(C)Cc1ccccc1CNC(=O)[C@]1(C)CC1(Cl)Cl. The summed E-state index contributed by atoms with van der Waals surface area (Å²) in [5.41, 5.74) is 1.67. The van der Waals surface area contributed by atoms with Crippen LogP contribution in [0.3, 0.4) is 0 Å². The maximum atomic E-state index is 12.2. The number of nitrogens with zero attached hydrogens (tertiary/aromatic N) is 1. The molecule has 1 amide bonds. The third-order valence-corrected chi connectivity index (χ3v) is 4.90. The van der Waals surface area contributed by atoms with E-state index >= 15 is 0 Å². The molecular formula is C15H20Cl2N2O. The van der Waals surface area contributed by atoms with Gasteiger partial charge in [0.1, 0.15) is 4.33 Å². The van der Waals surface area contributed by atoms with E-state index in [4.69, 9.17) is 23.2 Å². The van der Waals surface area contributed by atoms with E-state index in [-0.39, 0.29) is 5.91 Å². The monoisotopic (exact) mass is 314 g/mol. The van der Waals surface area contributed by atoms with Gasteiger partial charge in [0.05, 0.1) is 5.41 Å². The summed E-state index contributed by atoms with van der Waals surface area (Å²) in [4.78, 5) is 14.3. The largest absolute Gasteiger partial charge is 0.351 e. The lowest BCUT2D eigenvalue weighted by Crippen LogP contribution is -2.33.